The van der Waals surface area contributed by atoms with Crippen molar-refractivity contribution in [1.29, 1.82) is 0 Å². The fraction of sp³-hybridized carbons (Fsp3) is 0.481. The molecule has 2 heterocycles. The Morgan fingerprint density at radius 3 is 2.66 bits per heavy atom. The molecule has 0 amide bonds. The van der Waals surface area contributed by atoms with Gasteiger partial charge in [-0.25, -0.2) is 0 Å². The van der Waals surface area contributed by atoms with Gasteiger partial charge in [0.2, 0.25) is 0 Å². The molecule has 4 rings (SSSR count). The Morgan fingerprint density at radius 1 is 1.07 bits per heavy atom. The van der Waals surface area contributed by atoms with Crippen LogP contribution in [0.2, 0.25) is 0 Å². The smallest absolute Gasteiger partial charge is 0.0108 e. The third-order valence-corrected chi connectivity index (χ3v) is 8.03. The molecule has 154 valence electrons. The monoisotopic (exact) mass is 405 g/mol. The Hall–Kier alpha value is -1.51. The van der Waals surface area contributed by atoms with Crippen molar-refractivity contribution in [2.75, 3.05) is 25.4 Å². The largest absolute Gasteiger partial charge is 0.303 e. The van der Waals surface area contributed by atoms with Gasteiger partial charge in [0.25, 0.3) is 0 Å². The maximum atomic E-state index is 2.69. The predicted octanol–water partition coefficient (Wildman–Crippen LogP) is 6.55. The normalized spacial score (nSPS) is 22.4. The standard InChI is InChI=1S/C27H35NS/c1-21-10-11-27-26(17-21)19-25(22(2)20-29-27)9-6-14-28-15-12-24(13-16-28)18-23-7-4-3-5-8-23/h3-5,7-11,17,22,24H,6,12-16,18-20H2,1-2H3/b25-9-/t22-/m0/s1. The van der Waals surface area contributed by atoms with Crippen LogP contribution in [0.1, 0.15) is 42.9 Å². The van der Waals surface area contributed by atoms with Gasteiger partial charge in [-0.15, -0.1) is 11.8 Å². The number of hydrogen-bond donors (Lipinski definition) is 0. The molecule has 0 bridgehead atoms. The molecule has 2 aliphatic heterocycles. The van der Waals surface area contributed by atoms with E-state index in [1.54, 1.807) is 5.57 Å². The van der Waals surface area contributed by atoms with Crippen LogP contribution < -0.4 is 0 Å². The first-order chi connectivity index (χ1) is 14.2. The van der Waals surface area contributed by atoms with Crippen LogP contribution in [-0.2, 0) is 12.8 Å². The lowest BCUT2D eigenvalue weighted by atomic mass is 9.90. The van der Waals surface area contributed by atoms with Crippen LogP contribution >= 0.6 is 11.8 Å². The van der Waals surface area contributed by atoms with Gasteiger partial charge in [-0.3, -0.25) is 0 Å². The second-order valence-electron chi connectivity index (χ2n) is 9.04. The van der Waals surface area contributed by atoms with E-state index in [4.69, 9.17) is 0 Å². The van der Waals surface area contributed by atoms with Crippen molar-refractivity contribution in [3.8, 4) is 0 Å². The molecule has 2 heteroatoms. The van der Waals surface area contributed by atoms with E-state index < -0.39 is 0 Å². The van der Waals surface area contributed by atoms with Crippen molar-refractivity contribution in [3.05, 3.63) is 76.9 Å². The molecule has 2 aliphatic rings. The second-order valence-corrected chi connectivity index (χ2v) is 10.1. The molecule has 1 fully saturated rings. The molecule has 29 heavy (non-hydrogen) atoms. The van der Waals surface area contributed by atoms with Gasteiger partial charge in [0.1, 0.15) is 0 Å². The van der Waals surface area contributed by atoms with Crippen LogP contribution in [0, 0.1) is 18.8 Å². The van der Waals surface area contributed by atoms with Gasteiger partial charge in [-0.1, -0.05) is 66.6 Å². The summed E-state index contributed by atoms with van der Waals surface area (Å²) in [6.07, 6.45) is 8.88. The van der Waals surface area contributed by atoms with Gasteiger partial charge in [0.15, 0.2) is 0 Å². The molecule has 0 spiro atoms. The molecule has 0 radical (unpaired) electrons. The lowest BCUT2D eigenvalue weighted by Gasteiger charge is -2.32. The van der Waals surface area contributed by atoms with Crippen LogP contribution in [0.4, 0.5) is 0 Å². The molecule has 0 aliphatic carbocycles. The highest BCUT2D eigenvalue weighted by molar-refractivity contribution is 7.99. The van der Waals surface area contributed by atoms with E-state index in [9.17, 15) is 0 Å². The van der Waals surface area contributed by atoms with Gasteiger partial charge >= 0.3 is 0 Å². The summed E-state index contributed by atoms with van der Waals surface area (Å²) in [5.41, 5.74) is 6.08. The first-order valence-corrected chi connectivity index (χ1v) is 12.3. The highest BCUT2D eigenvalue weighted by Crippen LogP contribution is 2.35. The summed E-state index contributed by atoms with van der Waals surface area (Å²) >= 11 is 2.04. The average Bonchev–Trinajstić information content (AvgIpc) is 2.89. The summed E-state index contributed by atoms with van der Waals surface area (Å²) in [4.78, 5) is 4.18. The highest BCUT2D eigenvalue weighted by atomic mass is 32.2. The summed E-state index contributed by atoms with van der Waals surface area (Å²) in [6, 6.07) is 18.0. The van der Waals surface area contributed by atoms with E-state index in [1.165, 1.54) is 72.7 Å². The van der Waals surface area contributed by atoms with Gasteiger partial charge in [-0.05, 0) is 81.1 Å². The number of aryl methyl sites for hydroxylation is 1. The lowest BCUT2D eigenvalue weighted by molar-refractivity contribution is 0.186. The van der Waals surface area contributed by atoms with Crippen molar-refractivity contribution in [1.82, 2.24) is 4.90 Å². The van der Waals surface area contributed by atoms with Crippen molar-refractivity contribution in [3.63, 3.8) is 0 Å². The first kappa shape index (κ1) is 20.8. The number of hydrogen-bond acceptors (Lipinski definition) is 2. The summed E-state index contributed by atoms with van der Waals surface area (Å²) < 4.78 is 0. The van der Waals surface area contributed by atoms with Gasteiger partial charge < -0.3 is 4.90 Å². The molecule has 1 saturated heterocycles. The van der Waals surface area contributed by atoms with Crippen molar-refractivity contribution < 1.29 is 0 Å². The molecule has 1 nitrogen and oxygen atoms in total. The van der Waals surface area contributed by atoms with E-state index >= 15 is 0 Å². The number of allylic oxidation sites excluding steroid dienone is 1. The SMILES string of the molecule is Cc1ccc2c(c1)C/C(=C/CCN1CCC(Cc3ccccc3)CC1)[C@@H](C)CS2. The van der Waals surface area contributed by atoms with E-state index in [0.717, 1.165) is 12.3 Å². The fourth-order valence-electron chi connectivity index (χ4n) is 4.77. The highest BCUT2D eigenvalue weighted by Gasteiger charge is 2.20. The predicted molar refractivity (Wildman–Crippen MR) is 127 cm³/mol. The maximum absolute atomic E-state index is 2.69. The van der Waals surface area contributed by atoms with Gasteiger partial charge in [0.05, 0.1) is 0 Å². The zero-order valence-corrected chi connectivity index (χ0v) is 18.9. The average molecular weight is 406 g/mol. The summed E-state index contributed by atoms with van der Waals surface area (Å²) in [5.74, 6) is 2.77. The molecular formula is C27H35NS. The van der Waals surface area contributed by atoms with Crippen LogP contribution in [0.5, 0.6) is 0 Å². The Bertz CT molecular complexity index is 818. The van der Waals surface area contributed by atoms with E-state index in [-0.39, 0.29) is 0 Å². The van der Waals surface area contributed by atoms with Crippen molar-refractivity contribution >= 4 is 11.8 Å². The Morgan fingerprint density at radius 2 is 1.86 bits per heavy atom. The maximum Gasteiger partial charge on any atom is 0.0108 e. The lowest BCUT2D eigenvalue weighted by Crippen LogP contribution is -2.34. The zero-order valence-electron chi connectivity index (χ0n) is 18.1. The third-order valence-electron chi connectivity index (χ3n) is 6.66. The van der Waals surface area contributed by atoms with Crippen LogP contribution in [0.25, 0.3) is 0 Å². The second kappa shape index (κ2) is 10.00. The molecule has 0 aromatic heterocycles. The third kappa shape index (κ3) is 5.77. The summed E-state index contributed by atoms with van der Waals surface area (Å²) in [7, 11) is 0. The van der Waals surface area contributed by atoms with Crippen LogP contribution in [0.15, 0.2) is 65.1 Å². The number of rotatable bonds is 5. The Balaban J connectivity index is 1.27. The van der Waals surface area contributed by atoms with Gasteiger partial charge in [0, 0.05) is 17.2 Å². The number of thioether (sulfide) groups is 1. The summed E-state index contributed by atoms with van der Waals surface area (Å²) in [5, 5.41) is 0. The quantitative estimate of drug-likeness (QED) is 0.519. The molecule has 2 aromatic carbocycles. The Labute approximate surface area is 181 Å². The number of fused-ring (bicyclic) bond motifs is 1. The number of likely N-dealkylation sites (tertiary alicyclic amines) is 1. The van der Waals surface area contributed by atoms with Crippen LogP contribution in [-0.4, -0.2) is 30.3 Å². The van der Waals surface area contributed by atoms with E-state index in [0.29, 0.717) is 5.92 Å². The molecule has 1 atom stereocenters. The minimum absolute atomic E-state index is 0.685. The van der Waals surface area contributed by atoms with Crippen LogP contribution in [0.3, 0.4) is 0 Å². The fourth-order valence-corrected chi connectivity index (χ4v) is 5.90. The molecule has 0 saturated carbocycles. The van der Waals surface area contributed by atoms with E-state index in [2.05, 4.69) is 73.4 Å². The number of nitrogens with zero attached hydrogens (tertiary/aromatic N) is 1. The zero-order chi connectivity index (χ0) is 20.1. The van der Waals surface area contributed by atoms with Crippen molar-refractivity contribution in [2.45, 2.75) is 50.8 Å². The molecule has 0 unspecified atom stereocenters. The molecule has 0 N–H and O–H groups in total. The number of benzene rings is 2. The first-order valence-electron chi connectivity index (χ1n) is 11.3. The van der Waals surface area contributed by atoms with Gasteiger partial charge in [-0.2, -0.15) is 0 Å². The van der Waals surface area contributed by atoms with Crippen molar-refractivity contribution in [2.24, 2.45) is 11.8 Å². The Kier molecular flexibility index (Phi) is 7.15. The minimum atomic E-state index is 0.685. The minimum Gasteiger partial charge on any atom is -0.303 e. The molecular weight excluding hydrogens is 370 g/mol. The molecule has 2 aromatic rings. The topological polar surface area (TPSA) is 3.24 Å². The van der Waals surface area contributed by atoms with E-state index in [1.807, 2.05) is 11.8 Å². The number of piperidine rings is 1. The summed E-state index contributed by atoms with van der Waals surface area (Å²) in [6.45, 7) is 8.39.